The zero-order valence-electron chi connectivity index (χ0n) is 15.1. The predicted molar refractivity (Wildman–Crippen MR) is 96.4 cm³/mol. The lowest BCUT2D eigenvalue weighted by Crippen LogP contribution is -2.27. The Morgan fingerprint density at radius 1 is 1.07 bits per heavy atom. The molecule has 0 saturated heterocycles. The van der Waals surface area contributed by atoms with Crippen molar-refractivity contribution in [1.82, 2.24) is 19.6 Å². The van der Waals surface area contributed by atoms with Crippen molar-refractivity contribution >= 4 is 5.52 Å². The number of aromatic nitrogens is 4. The fourth-order valence-electron chi connectivity index (χ4n) is 3.89. The lowest BCUT2D eigenvalue weighted by atomic mass is 9.81. The van der Waals surface area contributed by atoms with Gasteiger partial charge in [0.15, 0.2) is 5.82 Å². The molecule has 0 spiro atoms. The summed E-state index contributed by atoms with van der Waals surface area (Å²) in [5.41, 5.74) is 2.63. The number of hydrogen-bond acceptors (Lipinski definition) is 3. The highest BCUT2D eigenvalue weighted by atomic mass is 19.4. The van der Waals surface area contributed by atoms with Crippen LogP contribution in [0.5, 0.6) is 0 Å². The SMILES string of the molecule is CCc1nc(C2CCC(C(F)(F)F)CC2)n2nc(-c3ccccc3)ncc12. The Balaban J connectivity index is 1.70. The normalized spacial score (nSPS) is 20.9. The van der Waals surface area contributed by atoms with Crippen molar-refractivity contribution in [2.75, 3.05) is 0 Å². The van der Waals surface area contributed by atoms with E-state index < -0.39 is 12.1 Å². The number of benzene rings is 1. The Hall–Kier alpha value is -2.44. The van der Waals surface area contributed by atoms with E-state index in [0.29, 0.717) is 18.7 Å². The van der Waals surface area contributed by atoms with Crippen LogP contribution in [0.1, 0.15) is 50.0 Å². The van der Waals surface area contributed by atoms with Crippen LogP contribution < -0.4 is 0 Å². The molecule has 0 radical (unpaired) electrons. The van der Waals surface area contributed by atoms with Gasteiger partial charge in [-0.3, -0.25) is 0 Å². The summed E-state index contributed by atoms with van der Waals surface area (Å²) < 4.78 is 40.7. The molecule has 1 saturated carbocycles. The third-order valence-corrected chi connectivity index (χ3v) is 5.42. The molecule has 0 amide bonds. The Labute approximate surface area is 155 Å². The summed E-state index contributed by atoms with van der Waals surface area (Å²) in [5, 5.41) is 4.68. The molecule has 0 aliphatic heterocycles. The molecule has 0 bridgehead atoms. The quantitative estimate of drug-likeness (QED) is 0.634. The first-order valence-corrected chi connectivity index (χ1v) is 9.34. The average molecular weight is 374 g/mol. The molecule has 4 nitrogen and oxygen atoms in total. The van der Waals surface area contributed by atoms with Gasteiger partial charge >= 0.3 is 6.18 Å². The maximum atomic E-state index is 13.0. The molecule has 0 N–H and O–H groups in total. The molecule has 142 valence electrons. The van der Waals surface area contributed by atoms with Gasteiger partial charge < -0.3 is 0 Å². The summed E-state index contributed by atoms with van der Waals surface area (Å²) in [4.78, 5) is 9.20. The molecular formula is C20H21F3N4. The highest BCUT2D eigenvalue weighted by Crippen LogP contribution is 2.42. The highest BCUT2D eigenvalue weighted by molar-refractivity contribution is 5.58. The molecular weight excluding hydrogens is 353 g/mol. The fourth-order valence-corrected chi connectivity index (χ4v) is 3.89. The molecule has 1 aliphatic rings. The second kappa shape index (κ2) is 6.94. The van der Waals surface area contributed by atoms with E-state index in [1.54, 1.807) is 10.7 Å². The summed E-state index contributed by atoms with van der Waals surface area (Å²) >= 11 is 0. The topological polar surface area (TPSA) is 43.1 Å². The van der Waals surface area contributed by atoms with E-state index in [-0.39, 0.29) is 18.8 Å². The fraction of sp³-hybridized carbons (Fsp3) is 0.450. The van der Waals surface area contributed by atoms with Crippen LogP contribution in [0.15, 0.2) is 36.5 Å². The number of fused-ring (bicyclic) bond motifs is 1. The molecule has 1 aromatic carbocycles. The molecule has 4 rings (SSSR count). The van der Waals surface area contributed by atoms with E-state index in [4.69, 9.17) is 4.98 Å². The number of hydrogen-bond donors (Lipinski definition) is 0. The van der Waals surface area contributed by atoms with Gasteiger partial charge in [0.2, 0.25) is 0 Å². The third-order valence-electron chi connectivity index (χ3n) is 5.42. The number of alkyl halides is 3. The van der Waals surface area contributed by atoms with Crippen LogP contribution in [0.3, 0.4) is 0 Å². The summed E-state index contributed by atoms with van der Waals surface area (Å²) in [7, 11) is 0. The minimum atomic E-state index is -4.10. The second-order valence-electron chi connectivity index (χ2n) is 7.11. The zero-order chi connectivity index (χ0) is 19.0. The van der Waals surface area contributed by atoms with Crippen molar-refractivity contribution in [2.24, 2.45) is 5.92 Å². The van der Waals surface area contributed by atoms with Crippen molar-refractivity contribution in [2.45, 2.75) is 51.1 Å². The van der Waals surface area contributed by atoms with Crippen LogP contribution in [0.25, 0.3) is 16.9 Å². The molecule has 2 heterocycles. The van der Waals surface area contributed by atoms with Crippen LogP contribution in [-0.4, -0.2) is 25.8 Å². The van der Waals surface area contributed by atoms with E-state index in [0.717, 1.165) is 29.0 Å². The summed E-state index contributed by atoms with van der Waals surface area (Å²) in [5.74, 6) is 0.158. The lowest BCUT2D eigenvalue weighted by molar-refractivity contribution is -0.182. The number of rotatable bonds is 3. The molecule has 0 unspecified atom stereocenters. The second-order valence-corrected chi connectivity index (χ2v) is 7.11. The molecule has 1 aliphatic carbocycles. The van der Waals surface area contributed by atoms with Crippen LogP contribution in [-0.2, 0) is 6.42 Å². The van der Waals surface area contributed by atoms with Crippen molar-refractivity contribution in [1.29, 1.82) is 0 Å². The number of nitrogens with zero attached hydrogens (tertiary/aromatic N) is 4. The summed E-state index contributed by atoms with van der Waals surface area (Å²) in [6.07, 6.45) is -0.325. The predicted octanol–water partition coefficient (Wildman–Crippen LogP) is 5.19. The molecule has 3 aromatic rings. The van der Waals surface area contributed by atoms with Crippen LogP contribution in [0.4, 0.5) is 13.2 Å². The lowest BCUT2D eigenvalue weighted by Gasteiger charge is -2.29. The van der Waals surface area contributed by atoms with E-state index in [2.05, 4.69) is 10.1 Å². The maximum Gasteiger partial charge on any atom is 0.391 e. The van der Waals surface area contributed by atoms with Crippen LogP contribution in [0.2, 0.25) is 0 Å². The molecule has 27 heavy (non-hydrogen) atoms. The van der Waals surface area contributed by atoms with Gasteiger partial charge in [0.1, 0.15) is 11.3 Å². The Kier molecular flexibility index (Phi) is 4.61. The first-order chi connectivity index (χ1) is 13.0. The van der Waals surface area contributed by atoms with Gasteiger partial charge in [0, 0.05) is 11.5 Å². The van der Waals surface area contributed by atoms with E-state index in [9.17, 15) is 13.2 Å². The van der Waals surface area contributed by atoms with Crippen LogP contribution in [0, 0.1) is 5.92 Å². The van der Waals surface area contributed by atoms with Gasteiger partial charge in [-0.15, -0.1) is 5.10 Å². The number of aryl methyl sites for hydroxylation is 1. The van der Waals surface area contributed by atoms with E-state index in [1.165, 1.54) is 0 Å². The minimum Gasteiger partial charge on any atom is -0.235 e. The molecule has 2 aromatic heterocycles. The van der Waals surface area contributed by atoms with Gasteiger partial charge in [-0.05, 0) is 32.1 Å². The standard InChI is InChI=1S/C20H21F3N4/c1-2-16-17-12-24-18(13-6-4-3-5-7-13)26-27(17)19(25-16)14-8-10-15(11-9-14)20(21,22)23/h3-7,12,14-15H,2,8-11H2,1H3. The Morgan fingerprint density at radius 3 is 2.41 bits per heavy atom. The average Bonchev–Trinajstić information content (AvgIpc) is 3.06. The van der Waals surface area contributed by atoms with Gasteiger partial charge in [-0.1, -0.05) is 37.3 Å². The zero-order valence-corrected chi connectivity index (χ0v) is 15.1. The first-order valence-electron chi connectivity index (χ1n) is 9.34. The van der Waals surface area contributed by atoms with E-state index in [1.807, 2.05) is 37.3 Å². The summed E-state index contributed by atoms with van der Waals surface area (Å²) in [6.45, 7) is 2.01. The van der Waals surface area contributed by atoms with Crippen molar-refractivity contribution < 1.29 is 13.2 Å². The maximum absolute atomic E-state index is 13.0. The van der Waals surface area contributed by atoms with Gasteiger partial charge in [0.05, 0.1) is 17.8 Å². The van der Waals surface area contributed by atoms with Crippen molar-refractivity contribution in [3.63, 3.8) is 0 Å². The first kappa shape index (κ1) is 17.9. The Bertz CT molecular complexity index is 926. The minimum absolute atomic E-state index is 0.00470. The van der Waals surface area contributed by atoms with E-state index >= 15 is 0 Å². The molecule has 1 fully saturated rings. The van der Waals surface area contributed by atoms with Gasteiger partial charge in [-0.25, -0.2) is 14.5 Å². The highest BCUT2D eigenvalue weighted by Gasteiger charge is 2.42. The smallest absolute Gasteiger partial charge is 0.235 e. The monoisotopic (exact) mass is 374 g/mol. The van der Waals surface area contributed by atoms with Gasteiger partial charge in [0.25, 0.3) is 0 Å². The molecule has 7 heteroatoms. The largest absolute Gasteiger partial charge is 0.391 e. The molecule has 0 atom stereocenters. The van der Waals surface area contributed by atoms with Crippen molar-refractivity contribution in [3.05, 3.63) is 48.0 Å². The summed E-state index contributed by atoms with van der Waals surface area (Å²) in [6, 6.07) is 9.65. The Morgan fingerprint density at radius 2 is 1.78 bits per heavy atom. The third kappa shape index (κ3) is 3.42. The van der Waals surface area contributed by atoms with Crippen molar-refractivity contribution in [3.8, 4) is 11.4 Å². The van der Waals surface area contributed by atoms with Gasteiger partial charge in [-0.2, -0.15) is 13.2 Å². The van der Waals surface area contributed by atoms with Crippen LogP contribution >= 0.6 is 0 Å². The number of halogens is 3. The number of imidazole rings is 1.